The fraction of sp³-hybridized carbons (Fsp3) is 0.750. The number of unbranched alkanes of at least 4 members (excludes halogenated alkanes) is 2. The molecule has 0 saturated carbocycles. The zero-order valence-electron chi connectivity index (χ0n) is 12.7. The van der Waals surface area contributed by atoms with E-state index in [9.17, 15) is 0 Å². The normalized spacial score (nSPS) is 18.7. The number of nitrogens with zero attached hydrogens (tertiary/aromatic N) is 1. The van der Waals surface area contributed by atoms with Gasteiger partial charge in [-0.15, -0.1) is 0 Å². The minimum atomic E-state index is 0.473. The summed E-state index contributed by atoms with van der Waals surface area (Å²) in [5, 5.41) is 3.43. The monoisotopic (exact) mass is 264 g/mol. The molecule has 1 aliphatic rings. The van der Waals surface area contributed by atoms with Crippen molar-refractivity contribution < 1.29 is 4.42 Å². The molecule has 2 heterocycles. The maximum Gasteiger partial charge on any atom is 0.121 e. The number of aryl methyl sites for hydroxylation is 2. The van der Waals surface area contributed by atoms with Gasteiger partial charge in [0.15, 0.2) is 0 Å². The zero-order chi connectivity index (χ0) is 13.7. The van der Waals surface area contributed by atoms with Gasteiger partial charge in [0.2, 0.25) is 0 Å². The Balaban J connectivity index is 2.07. The van der Waals surface area contributed by atoms with Gasteiger partial charge in [0.25, 0.3) is 0 Å². The van der Waals surface area contributed by atoms with E-state index in [-0.39, 0.29) is 0 Å². The summed E-state index contributed by atoms with van der Waals surface area (Å²) in [5.41, 5.74) is 1.28. The molecule has 0 radical (unpaired) electrons. The Labute approximate surface area is 117 Å². The lowest BCUT2D eigenvalue weighted by atomic mass is 10.0. The molecule has 2 rings (SSSR count). The van der Waals surface area contributed by atoms with E-state index in [2.05, 4.69) is 37.1 Å². The molecular weight excluding hydrogens is 236 g/mol. The third kappa shape index (κ3) is 3.83. The van der Waals surface area contributed by atoms with Gasteiger partial charge >= 0.3 is 0 Å². The molecule has 0 spiro atoms. The van der Waals surface area contributed by atoms with Crippen molar-refractivity contribution in [2.45, 2.75) is 52.5 Å². The second-order valence-corrected chi connectivity index (χ2v) is 5.69. The molecular formula is C16H28N2O. The van der Waals surface area contributed by atoms with Crippen molar-refractivity contribution in [2.75, 3.05) is 26.2 Å². The molecule has 0 amide bonds. The maximum absolute atomic E-state index is 6.00. The van der Waals surface area contributed by atoms with Crippen LogP contribution in [0.15, 0.2) is 10.5 Å². The molecule has 1 aromatic rings. The van der Waals surface area contributed by atoms with Crippen LogP contribution in [0.1, 0.15) is 55.7 Å². The highest BCUT2D eigenvalue weighted by molar-refractivity contribution is 5.21. The maximum atomic E-state index is 6.00. The third-order valence-electron chi connectivity index (χ3n) is 4.19. The summed E-state index contributed by atoms with van der Waals surface area (Å²) in [6.07, 6.45) is 5.12. The first-order valence-corrected chi connectivity index (χ1v) is 7.74. The largest absolute Gasteiger partial charge is 0.464 e. The molecule has 1 fully saturated rings. The van der Waals surface area contributed by atoms with E-state index in [1.807, 2.05) is 0 Å². The summed E-state index contributed by atoms with van der Waals surface area (Å²) in [5.74, 6) is 2.25. The van der Waals surface area contributed by atoms with E-state index >= 15 is 0 Å². The summed E-state index contributed by atoms with van der Waals surface area (Å²) < 4.78 is 6.00. The van der Waals surface area contributed by atoms with Gasteiger partial charge in [-0.05, 0) is 31.9 Å². The van der Waals surface area contributed by atoms with Gasteiger partial charge in [-0.25, -0.2) is 0 Å². The Morgan fingerprint density at radius 2 is 2.00 bits per heavy atom. The van der Waals surface area contributed by atoms with Crippen LogP contribution in [0.3, 0.4) is 0 Å². The molecule has 1 aromatic heterocycles. The highest BCUT2D eigenvalue weighted by Crippen LogP contribution is 2.30. The van der Waals surface area contributed by atoms with Gasteiger partial charge in [-0.1, -0.05) is 26.2 Å². The van der Waals surface area contributed by atoms with Crippen molar-refractivity contribution in [3.63, 3.8) is 0 Å². The quantitative estimate of drug-likeness (QED) is 0.798. The van der Waals surface area contributed by atoms with E-state index in [1.54, 1.807) is 0 Å². The van der Waals surface area contributed by atoms with Crippen molar-refractivity contribution in [3.05, 3.63) is 23.2 Å². The predicted molar refractivity (Wildman–Crippen MR) is 79.5 cm³/mol. The van der Waals surface area contributed by atoms with Crippen LogP contribution in [0.5, 0.6) is 0 Å². The van der Waals surface area contributed by atoms with E-state index in [4.69, 9.17) is 4.42 Å². The molecule has 3 heteroatoms. The first-order chi connectivity index (χ1) is 9.22. The summed E-state index contributed by atoms with van der Waals surface area (Å²) in [6, 6.07) is 2.72. The molecule has 0 aliphatic carbocycles. The van der Waals surface area contributed by atoms with Crippen LogP contribution in [0.25, 0.3) is 0 Å². The highest BCUT2D eigenvalue weighted by Gasteiger charge is 2.24. The molecule has 1 saturated heterocycles. The number of nitrogens with one attached hydrogen (secondary N) is 1. The Morgan fingerprint density at radius 3 is 2.58 bits per heavy atom. The molecule has 0 aromatic carbocycles. The van der Waals surface area contributed by atoms with Crippen LogP contribution in [0.2, 0.25) is 0 Å². The zero-order valence-corrected chi connectivity index (χ0v) is 12.7. The van der Waals surface area contributed by atoms with E-state index in [0.717, 1.165) is 31.9 Å². The standard InChI is InChI=1S/C16H28N2O/c1-4-5-6-7-15(18-10-8-17-9-11-18)16-12-13(2)14(3)19-16/h12,15,17H,4-11H2,1-3H3/t15-/m1/s1. The summed E-state index contributed by atoms with van der Waals surface area (Å²) in [4.78, 5) is 2.59. The number of hydrogen-bond donors (Lipinski definition) is 1. The third-order valence-corrected chi connectivity index (χ3v) is 4.19. The number of piperazine rings is 1. The van der Waals surface area contributed by atoms with Crippen LogP contribution in [0, 0.1) is 13.8 Å². The first kappa shape index (κ1) is 14.6. The van der Waals surface area contributed by atoms with Gasteiger partial charge in [-0.3, -0.25) is 4.90 Å². The number of furan rings is 1. The summed E-state index contributed by atoms with van der Waals surface area (Å²) in [7, 11) is 0. The SMILES string of the molecule is CCCCC[C@H](c1cc(C)c(C)o1)N1CCNCC1. The van der Waals surface area contributed by atoms with E-state index in [0.29, 0.717) is 6.04 Å². The van der Waals surface area contributed by atoms with Crippen molar-refractivity contribution in [1.29, 1.82) is 0 Å². The average Bonchev–Trinajstić information content (AvgIpc) is 2.75. The van der Waals surface area contributed by atoms with Gasteiger partial charge in [-0.2, -0.15) is 0 Å². The van der Waals surface area contributed by atoms with E-state index in [1.165, 1.54) is 37.0 Å². The van der Waals surface area contributed by atoms with Crippen molar-refractivity contribution >= 4 is 0 Å². The first-order valence-electron chi connectivity index (χ1n) is 7.74. The van der Waals surface area contributed by atoms with Crippen molar-refractivity contribution in [3.8, 4) is 0 Å². The predicted octanol–water partition coefficient (Wildman–Crippen LogP) is 3.42. The molecule has 19 heavy (non-hydrogen) atoms. The van der Waals surface area contributed by atoms with Crippen LogP contribution in [-0.2, 0) is 0 Å². The van der Waals surface area contributed by atoms with E-state index < -0.39 is 0 Å². The fourth-order valence-electron chi connectivity index (χ4n) is 2.85. The molecule has 1 atom stereocenters. The Hall–Kier alpha value is -0.800. The molecule has 0 unspecified atom stereocenters. The number of rotatable bonds is 6. The topological polar surface area (TPSA) is 28.4 Å². The molecule has 0 bridgehead atoms. The molecule has 3 nitrogen and oxygen atoms in total. The lowest BCUT2D eigenvalue weighted by Gasteiger charge is -2.34. The van der Waals surface area contributed by atoms with Crippen LogP contribution in [0.4, 0.5) is 0 Å². The lowest BCUT2D eigenvalue weighted by molar-refractivity contribution is 0.143. The Bertz CT molecular complexity index is 361. The van der Waals surface area contributed by atoms with Gasteiger partial charge in [0, 0.05) is 26.2 Å². The van der Waals surface area contributed by atoms with Gasteiger partial charge in [0.1, 0.15) is 11.5 Å². The second kappa shape index (κ2) is 7.11. The van der Waals surface area contributed by atoms with Crippen LogP contribution < -0.4 is 5.32 Å². The van der Waals surface area contributed by atoms with Crippen molar-refractivity contribution in [2.24, 2.45) is 0 Å². The Morgan fingerprint density at radius 1 is 1.26 bits per heavy atom. The number of hydrogen-bond acceptors (Lipinski definition) is 3. The molecule has 108 valence electrons. The Kier molecular flexibility index (Phi) is 5.46. The fourth-order valence-corrected chi connectivity index (χ4v) is 2.85. The van der Waals surface area contributed by atoms with Crippen molar-refractivity contribution in [1.82, 2.24) is 10.2 Å². The minimum absolute atomic E-state index is 0.473. The van der Waals surface area contributed by atoms with Crippen LogP contribution >= 0.6 is 0 Å². The molecule has 1 N–H and O–H groups in total. The summed E-state index contributed by atoms with van der Waals surface area (Å²) in [6.45, 7) is 10.9. The average molecular weight is 264 g/mol. The minimum Gasteiger partial charge on any atom is -0.464 e. The second-order valence-electron chi connectivity index (χ2n) is 5.69. The van der Waals surface area contributed by atoms with Gasteiger partial charge in [0.05, 0.1) is 6.04 Å². The highest BCUT2D eigenvalue weighted by atomic mass is 16.3. The smallest absolute Gasteiger partial charge is 0.121 e. The summed E-state index contributed by atoms with van der Waals surface area (Å²) >= 11 is 0. The van der Waals surface area contributed by atoms with Gasteiger partial charge < -0.3 is 9.73 Å². The molecule has 1 aliphatic heterocycles. The van der Waals surface area contributed by atoms with Crippen LogP contribution in [-0.4, -0.2) is 31.1 Å². The lowest BCUT2D eigenvalue weighted by Crippen LogP contribution is -2.45.